The Kier molecular flexibility index (Phi) is 4.12. The molecule has 2 fully saturated rings. The molecule has 2 aliphatic rings. The van der Waals surface area contributed by atoms with Crippen molar-refractivity contribution < 1.29 is 19.7 Å². The first kappa shape index (κ1) is 12.2. The molecule has 0 amide bonds. The quantitative estimate of drug-likeness (QED) is 0.510. The van der Waals surface area contributed by atoms with Crippen molar-refractivity contribution in [1.82, 2.24) is 4.90 Å². The zero-order valence-electron chi connectivity index (χ0n) is 9.29. The lowest BCUT2D eigenvalue weighted by Crippen LogP contribution is -2.53. The molecule has 0 spiro atoms. The van der Waals surface area contributed by atoms with E-state index in [0.29, 0.717) is 19.8 Å². The molecule has 94 valence electrons. The highest BCUT2D eigenvalue weighted by atomic mass is 16.5. The molecular formula is C10H20N2O4. The second-order valence-corrected chi connectivity index (χ2v) is 4.26. The van der Waals surface area contributed by atoms with Crippen LogP contribution >= 0.6 is 0 Å². The van der Waals surface area contributed by atoms with Gasteiger partial charge in [0.15, 0.2) is 0 Å². The van der Waals surface area contributed by atoms with Gasteiger partial charge in [0.25, 0.3) is 0 Å². The summed E-state index contributed by atoms with van der Waals surface area (Å²) in [7, 11) is 0. The molecule has 2 heterocycles. The van der Waals surface area contributed by atoms with E-state index in [1.165, 1.54) is 0 Å². The topological polar surface area (TPSA) is 88.2 Å². The van der Waals surface area contributed by atoms with Gasteiger partial charge in [-0.15, -0.1) is 0 Å². The van der Waals surface area contributed by atoms with Crippen molar-refractivity contribution in [2.24, 2.45) is 5.73 Å². The molecular weight excluding hydrogens is 212 g/mol. The molecule has 0 unspecified atom stereocenters. The third-order valence-corrected chi connectivity index (χ3v) is 3.34. The molecule has 4 N–H and O–H groups in total. The molecule has 0 aromatic heterocycles. The van der Waals surface area contributed by atoms with Crippen molar-refractivity contribution in [3.63, 3.8) is 0 Å². The van der Waals surface area contributed by atoms with Gasteiger partial charge in [0, 0.05) is 19.6 Å². The summed E-state index contributed by atoms with van der Waals surface area (Å²) >= 11 is 0. The van der Waals surface area contributed by atoms with E-state index in [1.807, 2.05) is 0 Å². The lowest BCUT2D eigenvalue weighted by molar-refractivity contribution is -0.0197. The minimum Gasteiger partial charge on any atom is -0.394 e. The summed E-state index contributed by atoms with van der Waals surface area (Å²) in [6.07, 6.45) is -1.39. The molecule has 2 saturated heterocycles. The summed E-state index contributed by atoms with van der Waals surface area (Å²) in [5.74, 6) is 0. The standard InChI is InChI=1S/C10H20N2O4/c11-5-7-9(10(14)8(6-13)16-7)12-1-3-15-4-2-12/h7-10,13-14H,1-6,11H2/t7-,8+,9-,10+/m1/s1. The monoisotopic (exact) mass is 232 g/mol. The fraction of sp³-hybridized carbons (Fsp3) is 1.00. The number of aliphatic hydroxyl groups excluding tert-OH is 2. The predicted molar refractivity (Wildman–Crippen MR) is 57.0 cm³/mol. The number of nitrogens with two attached hydrogens (primary N) is 1. The predicted octanol–water partition coefficient (Wildman–Crippen LogP) is -2.23. The van der Waals surface area contributed by atoms with Crippen LogP contribution in [0.4, 0.5) is 0 Å². The van der Waals surface area contributed by atoms with Crippen LogP contribution in [0.25, 0.3) is 0 Å². The molecule has 4 atom stereocenters. The van der Waals surface area contributed by atoms with Crippen molar-refractivity contribution >= 4 is 0 Å². The molecule has 0 radical (unpaired) electrons. The molecule has 16 heavy (non-hydrogen) atoms. The minimum atomic E-state index is -0.670. The summed E-state index contributed by atoms with van der Waals surface area (Å²) in [5.41, 5.74) is 5.63. The number of nitrogens with zero attached hydrogens (tertiary/aromatic N) is 1. The van der Waals surface area contributed by atoms with Gasteiger partial charge < -0.3 is 25.4 Å². The maximum Gasteiger partial charge on any atom is 0.109 e. The third-order valence-electron chi connectivity index (χ3n) is 3.34. The van der Waals surface area contributed by atoms with E-state index in [2.05, 4.69) is 4.90 Å². The van der Waals surface area contributed by atoms with Crippen LogP contribution in [0.15, 0.2) is 0 Å². The highest BCUT2D eigenvalue weighted by Crippen LogP contribution is 2.25. The number of hydrogen-bond acceptors (Lipinski definition) is 6. The lowest BCUT2D eigenvalue weighted by atomic mass is 10.0. The van der Waals surface area contributed by atoms with Crippen LogP contribution in [0, 0.1) is 0 Å². The van der Waals surface area contributed by atoms with Gasteiger partial charge in [-0.05, 0) is 0 Å². The highest BCUT2D eigenvalue weighted by molar-refractivity contribution is 4.97. The van der Waals surface area contributed by atoms with Gasteiger partial charge in [-0.2, -0.15) is 0 Å². The second-order valence-electron chi connectivity index (χ2n) is 4.26. The van der Waals surface area contributed by atoms with E-state index < -0.39 is 12.2 Å². The maximum atomic E-state index is 10.1. The number of morpholine rings is 1. The van der Waals surface area contributed by atoms with E-state index >= 15 is 0 Å². The average molecular weight is 232 g/mol. The Bertz CT molecular complexity index is 221. The summed E-state index contributed by atoms with van der Waals surface area (Å²) in [6, 6.07) is -0.119. The molecule has 0 aromatic carbocycles. The van der Waals surface area contributed by atoms with E-state index in [9.17, 15) is 5.11 Å². The molecule has 2 aliphatic heterocycles. The maximum absolute atomic E-state index is 10.1. The van der Waals surface area contributed by atoms with Gasteiger partial charge in [-0.25, -0.2) is 0 Å². The summed E-state index contributed by atoms with van der Waals surface area (Å²) in [5, 5.41) is 19.2. The number of ether oxygens (including phenoxy) is 2. The van der Waals surface area contributed by atoms with Crippen LogP contribution in [-0.2, 0) is 9.47 Å². The van der Waals surface area contributed by atoms with Crippen molar-refractivity contribution in [2.75, 3.05) is 39.5 Å². The lowest BCUT2D eigenvalue weighted by Gasteiger charge is -2.35. The fourth-order valence-electron chi connectivity index (χ4n) is 2.50. The Labute approximate surface area is 94.9 Å². The van der Waals surface area contributed by atoms with E-state index in [4.69, 9.17) is 20.3 Å². The van der Waals surface area contributed by atoms with E-state index in [-0.39, 0.29) is 18.8 Å². The number of rotatable bonds is 3. The van der Waals surface area contributed by atoms with Crippen LogP contribution < -0.4 is 5.73 Å². The van der Waals surface area contributed by atoms with Crippen LogP contribution in [0.1, 0.15) is 0 Å². The van der Waals surface area contributed by atoms with Gasteiger partial charge in [0.1, 0.15) is 12.2 Å². The summed E-state index contributed by atoms with van der Waals surface area (Å²) in [6.45, 7) is 3.09. The minimum absolute atomic E-state index is 0.119. The Morgan fingerprint density at radius 2 is 1.94 bits per heavy atom. The molecule has 0 aliphatic carbocycles. The smallest absolute Gasteiger partial charge is 0.109 e. The Morgan fingerprint density at radius 3 is 2.50 bits per heavy atom. The Morgan fingerprint density at radius 1 is 1.25 bits per heavy atom. The van der Waals surface area contributed by atoms with Crippen molar-refractivity contribution in [1.29, 1.82) is 0 Å². The number of aliphatic hydroxyl groups is 2. The fourth-order valence-corrected chi connectivity index (χ4v) is 2.50. The zero-order valence-corrected chi connectivity index (χ0v) is 9.29. The van der Waals surface area contributed by atoms with E-state index in [0.717, 1.165) is 13.1 Å². The van der Waals surface area contributed by atoms with Crippen molar-refractivity contribution in [3.05, 3.63) is 0 Å². The molecule has 6 nitrogen and oxygen atoms in total. The van der Waals surface area contributed by atoms with Crippen molar-refractivity contribution in [3.8, 4) is 0 Å². The van der Waals surface area contributed by atoms with Gasteiger partial charge in [0.2, 0.25) is 0 Å². The van der Waals surface area contributed by atoms with E-state index in [1.54, 1.807) is 0 Å². The van der Waals surface area contributed by atoms with Crippen LogP contribution in [0.3, 0.4) is 0 Å². The summed E-state index contributed by atoms with van der Waals surface area (Å²) in [4.78, 5) is 2.14. The number of hydrogen-bond donors (Lipinski definition) is 3. The largest absolute Gasteiger partial charge is 0.394 e. The first-order valence-electron chi connectivity index (χ1n) is 5.74. The average Bonchev–Trinajstić information content (AvgIpc) is 2.66. The molecule has 6 heteroatoms. The van der Waals surface area contributed by atoms with Crippen LogP contribution in [0.2, 0.25) is 0 Å². The Hall–Kier alpha value is -0.240. The molecule has 2 rings (SSSR count). The van der Waals surface area contributed by atoms with Gasteiger partial charge >= 0.3 is 0 Å². The normalized spacial score (nSPS) is 41.4. The first-order valence-corrected chi connectivity index (χ1v) is 5.74. The summed E-state index contributed by atoms with van der Waals surface area (Å²) < 4.78 is 10.8. The van der Waals surface area contributed by atoms with Gasteiger partial charge in [0.05, 0.1) is 32.0 Å². The van der Waals surface area contributed by atoms with Gasteiger partial charge in [-0.1, -0.05) is 0 Å². The molecule has 0 saturated carbocycles. The SMILES string of the molecule is NC[C@H]1O[C@@H](CO)[C@H](O)[C@@H]1N1CCOCC1. The second kappa shape index (κ2) is 5.39. The third kappa shape index (κ3) is 2.22. The van der Waals surface area contributed by atoms with Crippen LogP contribution in [-0.4, -0.2) is 78.9 Å². The highest BCUT2D eigenvalue weighted by Gasteiger charge is 2.45. The van der Waals surface area contributed by atoms with Crippen LogP contribution in [0.5, 0.6) is 0 Å². The van der Waals surface area contributed by atoms with Crippen molar-refractivity contribution in [2.45, 2.75) is 24.4 Å². The molecule has 0 bridgehead atoms. The first-order chi connectivity index (χ1) is 7.77. The Balaban J connectivity index is 2.04. The zero-order chi connectivity index (χ0) is 11.5. The van der Waals surface area contributed by atoms with Gasteiger partial charge in [-0.3, -0.25) is 4.90 Å². The molecule has 0 aromatic rings.